The van der Waals surface area contributed by atoms with Crippen molar-refractivity contribution in [1.29, 1.82) is 0 Å². The Kier molecular flexibility index (Phi) is 14.0. The molecular weight excluding hydrogens is 440 g/mol. The Morgan fingerprint density at radius 3 is 1.97 bits per heavy atom. The zero-order chi connectivity index (χ0) is 25.5. The number of aromatic carboxylic acids is 2. The fourth-order valence-corrected chi connectivity index (χ4v) is 5.18. The van der Waals surface area contributed by atoms with Crippen LogP contribution in [0.4, 0.5) is 0 Å². The van der Waals surface area contributed by atoms with Gasteiger partial charge in [-0.1, -0.05) is 97.0 Å². The summed E-state index contributed by atoms with van der Waals surface area (Å²) < 4.78 is 5.57. The maximum absolute atomic E-state index is 11.1. The quantitative estimate of drug-likeness (QED) is 0.180. The minimum absolute atomic E-state index is 0.124. The van der Waals surface area contributed by atoms with Gasteiger partial charge in [-0.3, -0.25) is 0 Å². The molecule has 0 radical (unpaired) electrons. The first kappa shape index (κ1) is 29.4. The zero-order valence-electron chi connectivity index (χ0n) is 22.1. The minimum Gasteiger partial charge on any atom is -0.478 e. The van der Waals surface area contributed by atoms with Gasteiger partial charge in [-0.05, 0) is 55.7 Å². The molecule has 35 heavy (non-hydrogen) atoms. The molecule has 0 aromatic heterocycles. The molecule has 3 unspecified atom stereocenters. The number of carboxylic acids is 2. The molecule has 0 spiro atoms. The van der Waals surface area contributed by atoms with E-state index in [0.29, 0.717) is 12.2 Å². The van der Waals surface area contributed by atoms with Crippen LogP contribution in [0.5, 0.6) is 0 Å². The van der Waals surface area contributed by atoms with Crippen LogP contribution < -0.4 is 0 Å². The number of ether oxygens (including phenoxy) is 1. The number of hydrogen-bond acceptors (Lipinski definition) is 3. The largest absolute Gasteiger partial charge is 0.478 e. The molecule has 1 saturated carbocycles. The van der Waals surface area contributed by atoms with Crippen LogP contribution in [-0.4, -0.2) is 34.4 Å². The number of benzene rings is 1. The normalized spacial score (nSPS) is 20.5. The predicted molar refractivity (Wildman–Crippen MR) is 141 cm³/mol. The summed E-state index contributed by atoms with van der Waals surface area (Å²) in [5.74, 6) is -1.39. The molecule has 1 aliphatic heterocycles. The van der Waals surface area contributed by atoms with Crippen LogP contribution >= 0.6 is 0 Å². The summed E-state index contributed by atoms with van der Waals surface area (Å²) >= 11 is 0. The van der Waals surface area contributed by atoms with Crippen molar-refractivity contribution in [2.75, 3.05) is 0 Å². The van der Waals surface area contributed by atoms with Crippen molar-refractivity contribution in [2.45, 2.75) is 135 Å². The van der Waals surface area contributed by atoms with E-state index in [1.165, 1.54) is 102 Å². The molecular formula is C30H48O5. The zero-order valence-corrected chi connectivity index (χ0v) is 22.1. The molecule has 3 atom stereocenters. The van der Waals surface area contributed by atoms with Crippen molar-refractivity contribution in [3.63, 3.8) is 0 Å². The van der Waals surface area contributed by atoms with Crippen molar-refractivity contribution >= 4 is 11.9 Å². The molecule has 1 aromatic rings. The van der Waals surface area contributed by atoms with Crippen molar-refractivity contribution in [2.24, 2.45) is 5.92 Å². The number of unbranched alkanes of at least 4 members (excludes halogenated alkanes) is 10. The Balaban J connectivity index is 0.000000256. The van der Waals surface area contributed by atoms with Crippen LogP contribution in [0.25, 0.3) is 0 Å². The van der Waals surface area contributed by atoms with E-state index in [2.05, 4.69) is 13.8 Å². The smallest absolute Gasteiger partial charge is 0.336 e. The highest BCUT2D eigenvalue weighted by atomic mass is 16.6. The summed E-state index contributed by atoms with van der Waals surface area (Å²) in [5, 5.41) is 18.0. The van der Waals surface area contributed by atoms with Gasteiger partial charge in [0.1, 0.15) is 0 Å². The summed E-state index contributed by atoms with van der Waals surface area (Å²) in [6.07, 6.45) is 23.5. The molecule has 3 rings (SSSR count). The van der Waals surface area contributed by atoms with Crippen molar-refractivity contribution in [1.82, 2.24) is 0 Å². The molecule has 1 aromatic carbocycles. The summed E-state index contributed by atoms with van der Waals surface area (Å²) in [6, 6.07) is 4.58. The Bertz CT molecular complexity index is 759. The first-order valence-electron chi connectivity index (χ1n) is 14.2. The number of carboxylic acid groups (broad SMARTS) is 2. The lowest BCUT2D eigenvalue weighted by Crippen LogP contribution is -2.13. The molecule has 0 amide bonds. The average molecular weight is 489 g/mol. The van der Waals surface area contributed by atoms with Gasteiger partial charge in [-0.25, -0.2) is 9.59 Å². The van der Waals surface area contributed by atoms with Gasteiger partial charge in [-0.15, -0.1) is 0 Å². The highest BCUT2D eigenvalue weighted by molar-refractivity contribution is 6.01. The molecule has 1 aliphatic carbocycles. The summed E-state index contributed by atoms with van der Waals surface area (Å²) in [5.41, 5.74) is 0.619. The molecule has 0 bridgehead atoms. The number of hydrogen-bond donors (Lipinski definition) is 2. The van der Waals surface area contributed by atoms with E-state index >= 15 is 0 Å². The number of epoxide rings is 1. The lowest BCUT2D eigenvalue weighted by molar-refractivity contribution is 0.0651. The van der Waals surface area contributed by atoms with Crippen molar-refractivity contribution in [3.05, 3.63) is 34.9 Å². The fourth-order valence-electron chi connectivity index (χ4n) is 5.18. The van der Waals surface area contributed by atoms with Crippen LogP contribution in [0, 0.1) is 5.92 Å². The maximum Gasteiger partial charge on any atom is 0.336 e. The molecule has 1 heterocycles. The van der Waals surface area contributed by atoms with E-state index in [-0.39, 0.29) is 11.1 Å². The highest BCUT2D eigenvalue weighted by Gasteiger charge is 2.43. The Morgan fingerprint density at radius 2 is 1.37 bits per heavy atom. The SMILES string of the molecule is CCCCCCCCC1CCC2OC2C1.CCCCCCCCc1ccc(C(=O)O)c(C(=O)O)c1. The standard InChI is InChI=1S/C16H22O4.C14H26O/c1-2-3-4-5-6-7-8-12-9-10-13(15(17)18)14(11-12)16(19)20;1-2-3-4-5-6-7-8-12-9-10-13-14(11-12)15-13/h9-11H,2-8H2,1H3,(H,17,18)(H,19,20);12-14H,2-11H2,1H3. The summed E-state index contributed by atoms with van der Waals surface area (Å²) in [7, 11) is 0. The minimum atomic E-state index is -1.20. The van der Waals surface area contributed by atoms with E-state index in [1.54, 1.807) is 6.07 Å². The number of aryl methyl sites for hydroxylation is 1. The maximum atomic E-state index is 11.1. The first-order chi connectivity index (χ1) is 17.0. The van der Waals surface area contributed by atoms with E-state index in [4.69, 9.17) is 14.9 Å². The third-order valence-corrected chi connectivity index (χ3v) is 7.44. The summed E-state index contributed by atoms with van der Waals surface area (Å²) in [4.78, 5) is 22.0. The van der Waals surface area contributed by atoms with Crippen LogP contribution in [0.1, 0.15) is 143 Å². The van der Waals surface area contributed by atoms with Gasteiger partial charge in [0, 0.05) is 0 Å². The van der Waals surface area contributed by atoms with Gasteiger partial charge in [0.2, 0.25) is 0 Å². The highest BCUT2D eigenvalue weighted by Crippen LogP contribution is 2.41. The van der Waals surface area contributed by atoms with Gasteiger partial charge in [0.25, 0.3) is 0 Å². The van der Waals surface area contributed by atoms with Gasteiger partial charge >= 0.3 is 11.9 Å². The first-order valence-corrected chi connectivity index (χ1v) is 14.2. The van der Waals surface area contributed by atoms with E-state index in [1.807, 2.05) is 0 Å². The van der Waals surface area contributed by atoms with Gasteiger partial charge < -0.3 is 14.9 Å². The molecule has 198 valence electrons. The van der Waals surface area contributed by atoms with Crippen LogP contribution in [0.15, 0.2) is 18.2 Å². The molecule has 5 heteroatoms. The van der Waals surface area contributed by atoms with Crippen molar-refractivity contribution in [3.8, 4) is 0 Å². The second kappa shape index (κ2) is 16.7. The second-order valence-electron chi connectivity index (χ2n) is 10.5. The van der Waals surface area contributed by atoms with Crippen LogP contribution in [-0.2, 0) is 11.2 Å². The van der Waals surface area contributed by atoms with Crippen LogP contribution in [0.3, 0.4) is 0 Å². The number of carbonyl (C=O) groups is 2. The Labute approximate surface area is 212 Å². The number of fused-ring (bicyclic) bond motifs is 1. The molecule has 2 fully saturated rings. The van der Waals surface area contributed by atoms with E-state index < -0.39 is 11.9 Å². The average Bonchev–Trinajstić information content (AvgIpc) is 3.62. The second-order valence-corrected chi connectivity index (χ2v) is 10.5. The molecule has 1 saturated heterocycles. The lowest BCUT2D eigenvalue weighted by atomic mass is 9.85. The number of rotatable bonds is 16. The summed E-state index contributed by atoms with van der Waals surface area (Å²) in [6.45, 7) is 4.46. The predicted octanol–water partition coefficient (Wildman–Crippen LogP) is 8.29. The van der Waals surface area contributed by atoms with E-state index in [0.717, 1.165) is 30.7 Å². The lowest BCUT2D eigenvalue weighted by Gasteiger charge is -2.18. The van der Waals surface area contributed by atoms with Crippen LogP contribution in [0.2, 0.25) is 0 Å². The van der Waals surface area contributed by atoms with Gasteiger partial charge in [-0.2, -0.15) is 0 Å². The monoisotopic (exact) mass is 488 g/mol. The van der Waals surface area contributed by atoms with Gasteiger partial charge in [0.05, 0.1) is 23.3 Å². The fraction of sp³-hybridized carbons (Fsp3) is 0.733. The van der Waals surface area contributed by atoms with Gasteiger partial charge in [0.15, 0.2) is 0 Å². The molecule has 5 nitrogen and oxygen atoms in total. The Hall–Kier alpha value is -1.88. The van der Waals surface area contributed by atoms with Crippen molar-refractivity contribution < 1.29 is 24.5 Å². The Morgan fingerprint density at radius 1 is 0.771 bits per heavy atom. The topological polar surface area (TPSA) is 87.1 Å². The third-order valence-electron chi connectivity index (χ3n) is 7.44. The third kappa shape index (κ3) is 11.6. The molecule has 2 N–H and O–H groups in total. The van der Waals surface area contributed by atoms with E-state index in [9.17, 15) is 9.59 Å². The molecule has 2 aliphatic rings.